The van der Waals surface area contributed by atoms with E-state index in [2.05, 4.69) is 5.32 Å². The number of nitrogens with one attached hydrogen (secondary N) is 1. The monoisotopic (exact) mass is 246 g/mol. The molecule has 98 valence electrons. The third-order valence-electron chi connectivity index (χ3n) is 3.45. The summed E-state index contributed by atoms with van der Waals surface area (Å²) >= 11 is 0. The molecule has 0 spiro atoms. The van der Waals surface area contributed by atoms with E-state index in [9.17, 15) is 4.79 Å². The maximum absolute atomic E-state index is 12.0. The number of amides is 1. The minimum Gasteiger partial charge on any atom is -0.352 e. The molecule has 0 aromatic heterocycles. The molecule has 3 N–H and O–H groups in total. The van der Waals surface area contributed by atoms with Crippen LogP contribution >= 0.6 is 0 Å². The minimum atomic E-state index is 0.0369. The second kappa shape index (κ2) is 6.55. The van der Waals surface area contributed by atoms with Gasteiger partial charge in [-0.3, -0.25) is 4.79 Å². The fraction of sp³-hybridized carbons (Fsp3) is 0.533. The first-order chi connectivity index (χ1) is 8.81. The van der Waals surface area contributed by atoms with Crippen LogP contribution in [-0.4, -0.2) is 19.0 Å². The van der Waals surface area contributed by atoms with Gasteiger partial charge in [-0.05, 0) is 43.4 Å². The topological polar surface area (TPSA) is 55.1 Å². The zero-order valence-corrected chi connectivity index (χ0v) is 10.8. The third-order valence-corrected chi connectivity index (χ3v) is 3.45. The van der Waals surface area contributed by atoms with E-state index in [1.54, 1.807) is 0 Å². The molecular weight excluding hydrogens is 224 g/mol. The molecule has 1 aromatic rings. The highest BCUT2D eigenvalue weighted by molar-refractivity contribution is 5.95. The first kappa shape index (κ1) is 13.1. The number of hydrogen-bond donors (Lipinski definition) is 2. The van der Waals surface area contributed by atoms with Crippen LogP contribution in [0, 0.1) is 5.92 Å². The van der Waals surface area contributed by atoms with Gasteiger partial charge < -0.3 is 11.1 Å². The van der Waals surface area contributed by atoms with Gasteiger partial charge in [0, 0.05) is 12.1 Å². The van der Waals surface area contributed by atoms with Crippen LogP contribution in [0.25, 0.3) is 0 Å². The van der Waals surface area contributed by atoms with E-state index in [1.165, 1.54) is 19.3 Å². The standard InChI is InChI=1S/C15H22N2O/c16-10-9-13-5-1-2-6-14(13)15(18)17-11-3-4-12-7-8-12/h1-2,5-6,12H,3-4,7-11,16H2,(H,17,18). The quantitative estimate of drug-likeness (QED) is 0.724. The van der Waals surface area contributed by atoms with Gasteiger partial charge in [0.2, 0.25) is 0 Å². The summed E-state index contributed by atoms with van der Waals surface area (Å²) in [5, 5.41) is 3.00. The maximum Gasteiger partial charge on any atom is 0.251 e. The van der Waals surface area contributed by atoms with Crippen molar-refractivity contribution in [1.29, 1.82) is 0 Å². The van der Waals surface area contributed by atoms with Gasteiger partial charge in [0.1, 0.15) is 0 Å². The molecule has 1 saturated carbocycles. The Hall–Kier alpha value is -1.35. The first-order valence-electron chi connectivity index (χ1n) is 6.87. The molecule has 1 aromatic carbocycles. The highest BCUT2D eigenvalue weighted by Crippen LogP contribution is 2.33. The zero-order valence-electron chi connectivity index (χ0n) is 10.8. The van der Waals surface area contributed by atoms with Crippen molar-refractivity contribution < 1.29 is 4.79 Å². The SMILES string of the molecule is NCCc1ccccc1C(=O)NCCCC1CC1. The second-order valence-corrected chi connectivity index (χ2v) is 5.04. The second-order valence-electron chi connectivity index (χ2n) is 5.04. The number of hydrogen-bond acceptors (Lipinski definition) is 2. The Morgan fingerprint density at radius 3 is 2.83 bits per heavy atom. The van der Waals surface area contributed by atoms with Crippen LogP contribution in [0.15, 0.2) is 24.3 Å². The number of carbonyl (C=O) groups excluding carboxylic acids is 1. The van der Waals surface area contributed by atoms with Crippen LogP contribution in [0.1, 0.15) is 41.6 Å². The molecule has 2 rings (SSSR count). The predicted octanol–water partition coefficient (Wildman–Crippen LogP) is 2.11. The van der Waals surface area contributed by atoms with E-state index in [1.807, 2.05) is 24.3 Å². The van der Waals surface area contributed by atoms with Crippen molar-refractivity contribution in [3.05, 3.63) is 35.4 Å². The van der Waals surface area contributed by atoms with Gasteiger partial charge in [0.05, 0.1) is 0 Å². The molecule has 3 heteroatoms. The van der Waals surface area contributed by atoms with Crippen LogP contribution < -0.4 is 11.1 Å². The summed E-state index contributed by atoms with van der Waals surface area (Å²) in [5.41, 5.74) is 7.37. The number of nitrogens with two attached hydrogens (primary N) is 1. The molecule has 1 aliphatic carbocycles. The average molecular weight is 246 g/mol. The molecule has 0 aliphatic heterocycles. The zero-order chi connectivity index (χ0) is 12.8. The van der Waals surface area contributed by atoms with Gasteiger partial charge in [-0.25, -0.2) is 0 Å². The van der Waals surface area contributed by atoms with Crippen molar-refractivity contribution in [1.82, 2.24) is 5.32 Å². The van der Waals surface area contributed by atoms with Crippen molar-refractivity contribution in [3.8, 4) is 0 Å². The Morgan fingerprint density at radius 1 is 1.33 bits per heavy atom. The molecule has 0 unspecified atom stereocenters. The summed E-state index contributed by atoms with van der Waals surface area (Å²) < 4.78 is 0. The average Bonchev–Trinajstić information content (AvgIpc) is 3.19. The molecule has 0 atom stereocenters. The Labute approximate surface area is 109 Å². The summed E-state index contributed by atoms with van der Waals surface area (Å²) in [4.78, 5) is 12.0. The molecular formula is C15H22N2O. The summed E-state index contributed by atoms with van der Waals surface area (Å²) in [7, 11) is 0. The molecule has 0 saturated heterocycles. The normalized spacial score (nSPS) is 14.5. The summed E-state index contributed by atoms with van der Waals surface area (Å²) in [6.07, 6.45) is 5.87. The van der Waals surface area contributed by atoms with Gasteiger partial charge in [0.25, 0.3) is 5.91 Å². The van der Waals surface area contributed by atoms with Crippen LogP contribution in [-0.2, 0) is 6.42 Å². The lowest BCUT2D eigenvalue weighted by atomic mass is 10.0. The largest absolute Gasteiger partial charge is 0.352 e. The Balaban J connectivity index is 1.82. The van der Waals surface area contributed by atoms with Crippen molar-refractivity contribution in [2.45, 2.75) is 32.1 Å². The number of carbonyl (C=O) groups is 1. The van der Waals surface area contributed by atoms with Gasteiger partial charge in [-0.2, -0.15) is 0 Å². The lowest BCUT2D eigenvalue weighted by Gasteiger charge is -2.09. The van der Waals surface area contributed by atoms with E-state index >= 15 is 0 Å². The number of rotatable bonds is 7. The number of benzene rings is 1. The van der Waals surface area contributed by atoms with E-state index in [4.69, 9.17) is 5.73 Å². The predicted molar refractivity (Wildman–Crippen MR) is 73.5 cm³/mol. The fourth-order valence-electron chi connectivity index (χ4n) is 2.21. The molecule has 3 nitrogen and oxygen atoms in total. The Kier molecular flexibility index (Phi) is 4.76. The van der Waals surface area contributed by atoms with Gasteiger partial charge >= 0.3 is 0 Å². The van der Waals surface area contributed by atoms with Crippen molar-refractivity contribution in [2.24, 2.45) is 11.7 Å². The van der Waals surface area contributed by atoms with E-state index in [-0.39, 0.29) is 5.91 Å². The first-order valence-corrected chi connectivity index (χ1v) is 6.87. The van der Waals surface area contributed by atoms with Crippen LogP contribution in [0.5, 0.6) is 0 Å². The maximum atomic E-state index is 12.0. The lowest BCUT2D eigenvalue weighted by Crippen LogP contribution is -2.26. The summed E-state index contributed by atoms with van der Waals surface area (Å²) in [6, 6.07) is 7.71. The Morgan fingerprint density at radius 2 is 2.11 bits per heavy atom. The van der Waals surface area contributed by atoms with Crippen molar-refractivity contribution in [2.75, 3.05) is 13.1 Å². The van der Waals surface area contributed by atoms with Crippen molar-refractivity contribution in [3.63, 3.8) is 0 Å². The highest BCUT2D eigenvalue weighted by Gasteiger charge is 2.20. The molecule has 0 bridgehead atoms. The van der Waals surface area contributed by atoms with Gasteiger partial charge in [-0.15, -0.1) is 0 Å². The Bertz CT molecular complexity index is 399. The van der Waals surface area contributed by atoms with E-state index in [0.717, 1.165) is 36.4 Å². The molecule has 1 fully saturated rings. The molecule has 18 heavy (non-hydrogen) atoms. The van der Waals surface area contributed by atoms with Crippen LogP contribution in [0.4, 0.5) is 0 Å². The highest BCUT2D eigenvalue weighted by atomic mass is 16.1. The van der Waals surface area contributed by atoms with Crippen LogP contribution in [0.2, 0.25) is 0 Å². The van der Waals surface area contributed by atoms with Crippen molar-refractivity contribution >= 4 is 5.91 Å². The van der Waals surface area contributed by atoms with Gasteiger partial charge in [0.15, 0.2) is 0 Å². The molecule has 0 radical (unpaired) electrons. The summed E-state index contributed by atoms with van der Waals surface area (Å²) in [6.45, 7) is 1.36. The molecule has 1 aliphatic rings. The van der Waals surface area contributed by atoms with Gasteiger partial charge in [-0.1, -0.05) is 31.0 Å². The lowest BCUT2D eigenvalue weighted by molar-refractivity contribution is 0.0952. The molecule has 0 heterocycles. The van der Waals surface area contributed by atoms with E-state index in [0.29, 0.717) is 6.54 Å². The smallest absolute Gasteiger partial charge is 0.251 e. The summed E-state index contributed by atoms with van der Waals surface area (Å²) in [5.74, 6) is 0.973. The fourth-order valence-corrected chi connectivity index (χ4v) is 2.21. The van der Waals surface area contributed by atoms with E-state index < -0.39 is 0 Å². The van der Waals surface area contributed by atoms with Crippen LogP contribution in [0.3, 0.4) is 0 Å². The minimum absolute atomic E-state index is 0.0369. The third kappa shape index (κ3) is 3.84. The molecule has 1 amide bonds.